The number of nitrogens with zero attached hydrogens (tertiary/aromatic N) is 1. The van der Waals surface area contributed by atoms with Crippen molar-refractivity contribution < 1.29 is 9.47 Å². The number of likely N-dealkylation sites (tertiary alicyclic amines) is 1. The highest BCUT2D eigenvalue weighted by molar-refractivity contribution is 5.85. The molecule has 20 heavy (non-hydrogen) atoms. The van der Waals surface area contributed by atoms with Crippen molar-refractivity contribution in [1.82, 2.24) is 4.90 Å². The van der Waals surface area contributed by atoms with Gasteiger partial charge in [0, 0.05) is 19.1 Å². The van der Waals surface area contributed by atoms with Crippen LogP contribution in [0.2, 0.25) is 0 Å². The summed E-state index contributed by atoms with van der Waals surface area (Å²) in [6.45, 7) is 6.60. The van der Waals surface area contributed by atoms with Gasteiger partial charge in [0.25, 0.3) is 0 Å². The van der Waals surface area contributed by atoms with Crippen molar-refractivity contribution in [3.05, 3.63) is 24.3 Å². The molecule has 2 rings (SSSR count). The Labute approximate surface area is 127 Å². The van der Waals surface area contributed by atoms with Gasteiger partial charge >= 0.3 is 0 Å². The minimum Gasteiger partial charge on any atom is -0.494 e. The Morgan fingerprint density at radius 3 is 2.25 bits per heavy atom. The van der Waals surface area contributed by atoms with E-state index in [1.54, 1.807) is 0 Å². The fourth-order valence-electron chi connectivity index (χ4n) is 2.21. The fraction of sp³-hybridized carbons (Fsp3) is 0.600. The molecule has 1 fully saturated rings. The molecular formula is C15H25ClN2O2. The topological polar surface area (TPSA) is 47.7 Å². The largest absolute Gasteiger partial charge is 0.494 e. The van der Waals surface area contributed by atoms with E-state index < -0.39 is 0 Å². The number of benzene rings is 1. The first-order chi connectivity index (χ1) is 9.28. The molecule has 0 saturated carbocycles. The fourth-order valence-corrected chi connectivity index (χ4v) is 2.21. The van der Waals surface area contributed by atoms with Crippen molar-refractivity contribution in [3.63, 3.8) is 0 Å². The average Bonchev–Trinajstić information content (AvgIpc) is 2.84. The summed E-state index contributed by atoms with van der Waals surface area (Å²) in [5.41, 5.74) is 5.87. The maximum absolute atomic E-state index is 5.87. The van der Waals surface area contributed by atoms with Crippen molar-refractivity contribution in [2.24, 2.45) is 5.73 Å². The summed E-state index contributed by atoms with van der Waals surface area (Å²) >= 11 is 0. The van der Waals surface area contributed by atoms with Crippen LogP contribution in [0.25, 0.3) is 0 Å². The van der Waals surface area contributed by atoms with Gasteiger partial charge in [-0.25, -0.2) is 0 Å². The number of nitrogens with two attached hydrogens (primary N) is 1. The van der Waals surface area contributed by atoms with Crippen LogP contribution < -0.4 is 15.2 Å². The predicted octanol–water partition coefficient (Wildman–Crippen LogP) is 2.31. The van der Waals surface area contributed by atoms with Gasteiger partial charge in [-0.2, -0.15) is 0 Å². The second-order valence-corrected chi connectivity index (χ2v) is 5.02. The van der Waals surface area contributed by atoms with Gasteiger partial charge in [0.15, 0.2) is 0 Å². The summed E-state index contributed by atoms with van der Waals surface area (Å²) in [6.07, 6.45) is 2.12. The molecule has 1 atom stereocenters. The molecule has 1 saturated heterocycles. The Kier molecular flexibility index (Phi) is 7.73. The van der Waals surface area contributed by atoms with Crippen LogP contribution in [0.1, 0.15) is 19.8 Å². The first-order valence-corrected chi connectivity index (χ1v) is 7.11. The van der Waals surface area contributed by atoms with Crippen LogP contribution in [0.15, 0.2) is 24.3 Å². The first-order valence-electron chi connectivity index (χ1n) is 7.11. The maximum Gasteiger partial charge on any atom is 0.119 e. The number of rotatable bonds is 7. The summed E-state index contributed by atoms with van der Waals surface area (Å²) in [5, 5.41) is 0. The minimum absolute atomic E-state index is 0. The zero-order valence-corrected chi connectivity index (χ0v) is 12.9. The maximum atomic E-state index is 5.87. The van der Waals surface area contributed by atoms with Crippen LogP contribution in [0.4, 0.5) is 0 Å². The summed E-state index contributed by atoms with van der Waals surface area (Å²) in [5.74, 6) is 1.80. The van der Waals surface area contributed by atoms with Crippen LogP contribution >= 0.6 is 12.4 Å². The normalized spacial score (nSPS) is 18.6. The summed E-state index contributed by atoms with van der Waals surface area (Å²) in [7, 11) is 0. The lowest BCUT2D eigenvalue weighted by atomic mass is 10.3. The third kappa shape index (κ3) is 5.57. The monoisotopic (exact) mass is 300 g/mol. The lowest BCUT2D eigenvalue weighted by molar-refractivity contribution is 0.236. The number of hydrogen-bond acceptors (Lipinski definition) is 4. The Bertz CT molecular complexity index is 373. The Hall–Kier alpha value is -0.970. The molecule has 1 aliphatic heterocycles. The highest BCUT2D eigenvalue weighted by Gasteiger charge is 2.18. The van der Waals surface area contributed by atoms with Crippen LogP contribution in [0.3, 0.4) is 0 Å². The average molecular weight is 301 g/mol. The second-order valence-electron chi connectivity index (χ2n) is 5.02. The lowest BCUT2D eigenvalue weighted by Gasteiger charge is -2.15. The van der Waals surface area contributed by atoms with Gasteiger partial charge in [0.05, 0.1) is 6.61 Å². The summed E-state index contributed by atoms with van der Waals surface area (Å²) in [4.78, 5) is 2.35. The molecule has 0 unspecified atom stereocenters. The molecule has 1 aliphatic rings. The second kappa shape index (κ2) is 9.06. The van der Waals surface area contributed by atoms with Gasteiger partial charge in [-0.3, -0.25) is 4.90 Å². The summed E-state index contributed by atoms with van der Waals surface area (Å²) in [6, 6.07) is 8.17. The molecule has 2 N–H and O–H groups in total. The molecule has 1 aromatic rings. The molecule has 114 valence electrons. The van der Waals surface area contributed by atoms with Crippen molar-refractivity contribution >= 4 is 12.4 Å². The highest BCUT2D eigenvalue weighted by Crippen LogP contribution is 2.17. The van der Waals surface area contributed by atoms with Gasteiger partial charge in [-0.05, 0) is 43.7 Å². The Balaban J connectivity index is 0.00000200. The van der Waals surface area contributed by atoms with Crippen LogP contribution in [0.5, 0.6) is 11.5 Å². The molecule has 0 bridgehead atoms. The van der Waals surface area contributed by atoms with Gasteiger partial charge in [-0.1, -0.05) is 6.92 Å². The Morgan fingerprint density at radius 1 is 1.15 bits per heavy atom. The number of ether oxygens (including phenoxy) is 2. The molecule has 1 aromatic carbocycles. The van der Waals surface area contributed by atoms with E-state index in [9.17, 15) is 0 Å². The SMILES string of the molecule is CCCOc1ccc(OCCN2CC[C@@H](N)C2)cc1.Cl. The van der Waals surface area contributed by atoms with E-state index in [1.807, 2.05) is 24.3 Å². The van der Waals surface area contributed by atoms with Crippen LogP contribution in [-0.2, 0) is 0 Å². The quantitative estimate of drug-likeness (QED) is 0.839. The molecular weight excluding hydrogens is 276 g/mol. The molecule has 5 heteroatoms. The van der Waals surface area contributed by atoms with E-state index in [4.69, 9.17) is 15.2 Å². The van der Waals surface area contributed by atoms with Crippen molar-refractivity contribution in [2.75, 3.05) is 32.8 Å². The Morgan fingerprint density at radius 2 is 1.75 bits per heavy atom. The van der Waals surface area contributed by atoms with Crippen LogP contribution in [0, 0.1) is 0 Å². The third-order valence-electron chi connectivity index (χ3n) is 3.28. The van der Waals surface area contributed by atoms with Gasteiger partial charge in [0.2, 0.25) is 0 Å². The molecule has 0 aliphatic carbocycles. The molecule has 1 heterocycles. The van der Waals surface area contributed by atoms with E-state index >= 15 is 0 Å². The first kappa shape index (κ1) is 17.1. The zero-order valence-electron chi connectivity index (χ0n) is 12.1. The van der Waals surface area contributed by atoms with E-state index in [2.05, 4.69) is 11.8 Å². The standard InChI is InChI=1S/C15H24N2O2.ClH/c1-2-10-18-14-3-5-15(6-4-14)19-11-9-17-8-7-13(16)12-17;/h3-6,13H,2,7-12,16H2,1H3;1H/t13-;/m1./s1. The zero-order chi connectivity index (χ0) is 13.5. The molecule has 0 spiro atoms. The lowest BCUT2D eigenvalue weighted by Crippen LogP contribution is -2.29. The number of hydrogen-bond donors (Lipinski definition) is 1. The smallest absolute Gasteiger partial charge is 0.119 e. The van der Waals surface area contributed by atoms with Crippen LogP contribution in [-0.4, -0.2) is 43.8 Å². The minimum atomic E-state index is 0. The van der Waals surface area contributed by atoms with E-state index in [0.29, 0.717) is 12.6 Å². The van der Waals surface area contributed by atoms with Crippen molar-refractivity contribution in [1.29, 1.82) is 0 Å². The highest BCUT2D eigenvalue weighted by atomic mass is 35.5. The number of halogens is 1. The van der Waals surface area contributed by atoms with E-state index in [0.717, 1.165) is 50.6 Å². The molecule has 0 aromatic heterocycles. The van der Waals surface area contributed by atoms with Gasteiger partial charge in [0.1, 0.15) is 18.1 Å². The van der Waals surface area contributed by atoms with E-state index in [-0.39, 0.29) is 12.4 Å². The molecule has 0 radical (unpaired) electrons. The third-order valence-corrected chi connectivity index (χ3v) is 3.28. The van der Waals surface area contributed by atoms with Crippen molar-refractivity contribution in [2.45, 2.75) is 25.8 Å². The predicted molar refractivity (Wildman–Crippen MR) is 84.0 cm³/mol. The summed E-state index contributed by atoms with van der Waals surface area (Å²) < 4.78 is 11.3. The molecule has 0 amide bonds. The van der Waals surface area contributed by atoms with Crippen molar-refractivity contribution in [3.8, 4) is 11.5 Å². The van der Waals surface area contributed by atoms with Gasteiger partial charge < -0.3 is 15.2 Å². The van der Waals surface area contributed by atoms with Gasteiger partial charge in [-0.15, -0.1) is 12.4 Å². The molecule has 4 nitrogen and oxygen atoms in total. The van der Waals surface area contributed by atoms with E-state index in [1.165, 1.54) is 0 Å².